The number of nitrogens with zero attached hydrogens (tertiary/aromatic N) is 2. The summed E-state index contributed by atoms with van der Waals surface area (Å²) in [7, 11) is -2.14. The molecule has 0 saturated carbocycles. The molecule has 8 nitrogen and oxygen atoms in total. The zero-order chi connectivity index (χ0) is 19.4. The first-order valence-electron chi connectivity index (χ1n) is 8.67. The summed E-state index contributed by atoms with van der Waals surface area (Å²) in [5.74, 6) is -0.299. The molecule has 1 saturated heterocycles. The molecule has 1 amide bonds. The molecule has 1 aromatic carbocycles. The number of hydrogen-bond acceptors (Lipinski definition) is 6. The molecule has 9 heteroatoms. The predicted octanol–water partition coefficient (Wildman–Crippen LogP) is 1.37. The number of nitriles is 1. The SMILES string of the molecule is CN(C[C@H]1CCCO1)S(=O)(=O)c1ccc(C(=O)NC2=C(C#N)CCO2)cc1. The third kappa shape index (κ3) is 4.30. The van der Waals surface area contributed by atoms with Crippen molar-refractivity contribution in [2.24, 2.45) is 0 Å². The van der Waals surface area contributed by atoms with Crippen LogP contribution in [-0.4, -0.2) is 51.5 Å². The average molecular weight is 391 g/mol. The van der Waals surface area contributed by atoms with Crippen LogP contribution in [0, 0.1) is 11.3 Å². The maximum Gasteiger partial charge on any atom is 0.257 e. The number of nitrogens with one attached hydrogen (secondary N) is 1. The zero-order valence-electron chi connectivity index (χ0n) is 15.0. The number of carbonyl (C=O) groups is 1. The van der Waals surface area contributed by atoms with Crippen molar-refractivity contribution in [1.82, 2.24) is 9.62 Å². The minimum absolute atomic E-state index is 0.0798. The number of benzene rings is 1. The highest BCUT2D eigenvalue weighted by Crippen LogP contribution is 2.20. The second-order valence-corrected chi connectivity index (χ2v) is 8.46. The van der Waals surface area contributed by atoms with Gasteiger partial charge in [0.2, 0.25) is 15.9 Å². The summed E-state index contributed by atoms with van der Waals surface area (Å²) < 4.78 is 37.3. The second kappa shape index (κ2) is 8.08. The lowest BCUT2D eigenvalue weighted by molar-refractivity contribution is 0.0930. The molecule has 0 spiro atoms. The van der Waals surface area contributed by atoms with Gasteiger partial charge in [-0.2, -0.15) is 9.57 Å². The molecule has 144 valence electrons. The fraction of sp³-hybridized carbons (Fsp3) is 0.444. The highest BCUT2D eigenvalue weighted by atomic mass is 32.2. The molecule has 0 aromatic heterocycles. The van der Waals surface area contributed by atoms with Crippen LogP contribution in [0.2, 0.25) is 0 Å². The quantitative estimate of drug-likeness (QED) is 0.785. The van der Waals surface area contributed by atoms with Gasteiger partial charge in [0.25, 0.3) is 5.91 Å². The van der Waals surface area contributed by atoms with E-state index in [0.29, 0.717) is 31.8 Å². The van der Waals surface area contributed by atoms with Crippen molar-refractivity contribution in [3.63, 3.8) is 0 Å². The number of likely N-dealkylation sites (N-methyl/N-ethyl adjacent to an activating group) is 1. The Labute approximate surface area is 158 Å². The topological polar surface area (TPSA) is 109 Å². The molecule has 0 bridgehead atoms. The molecule has 0 radical (unpaired) electrons. The predicted molar refractivity (Wildman–Crippen MR) is 95.9 cm³/mol. The van der Waals surface area contributed by atoms with Crippen LogP contribution >= 0.6 is 0 Å². The van der Waals surface area contributed by atoms with Gasteiger partial charge in [-0.25, -0.2) is 8.42 Å². The fourth-order valence-electron chi connectivity index (χ4n) is 2.98. The highest BCUT2D eigenvalue weighted by Gasteiger charge is 2.26. The Morgan fingerprint density at radius 3 is 2.70 bits per heavy atom. The van der Waals surface area contributed by atoms with Crippen molar-refractivity contribution < 1.29 is 22.7 Å². The Hall–Kier alpha value is -2.41. The number of carbonyl (C=O) groups excluding carboxylic acids is 1. The maximum atomic E-state index is 12.7. The number of amides is 1. The smallest absolute Gasteiger partial charge is 0.257 e. The van der Waals surface area contributed by atoms with E-state index in [2.05, 4.69) is 5.32 Å². The lowest BCUT2D eigenvalue weighted by Gasteiger charge is -2.20. The molecule has 2 heterocycles. The van der Waals surface area contributed by atoms with E-state index in [1.807, 2.05) is 6.07 Å². The molecule has 3 rings (SSSR count). The van der Waals surface area contributed by atoms with E-state index in [0.717, 1.165) is 12.8 Å². The van der Waals surface area contributed by atoms with Gasteiger partial charge in [-0.15, -0.1) is 0 Å². The number of hydrogen-bond donors (Lipinski definition) is 1. The van der Waals surface area contributed by atoms with E-state index in [9.17, 15) is 13.2 Å². The monoisotopic (exact) mass is 391 g/mol. The first-order valence-corrected chi connectivity index (χ1v) is 10.1. The van der Waals surface area contributed by atoms with Crippen LogP contribution in [0.1, 0.15) is 29.6 Å². The summed E-state index contributed by atoms with van der Waals surface area (Å²) >= 11 is 0. The van der Waals surface area contributed by atoms with E-state index in [1.54, 1.807) is 0 Å². The Balaban J connectivity index is 1.68. The summed E-state index contributed by atoms with van der Waals surface area (Å²) in [5, 5.41) is 11.5. The Morgan fingerprint density at radius 1 is 1.33 bits per heavy atom. The average Bonchev–Trinajstić information content (AvgIpc) is 3.33. The van der Waals surface area contributed by atoms with E-state index < -0.39 is 15.9 Å². The summed E-state index contributed by atoms with van der Waals surface area (Å²) in [4.78, 5) is 12.4. The third-order valence-electron chi connectivity index (χ3n) is 4.54. The molecule has 27 heavy (non-hydrogen) atoms. The largest absolute Gasteiger partial charge is 0.478 e. The minimum Gasteiger partial charge on any atom is -0.478 e. The van der Waals surface area contributed by atoms with Gasteiger partial charge >= 0.3 is 0 Å². The molecule has 1 aromatic rings. The number of rotatable bonds is 6. The molecule has 1 N–H and O–H groups in total. The van der Waals surface area contributed by atoms with Crippen molar-refractivity contribution in [1.29, 1.82) is 5.26 Å². The standard InChI is InChI=1S/C18H21N3O5S/c1-21(12-15-3-2-9-25-15)27(23,24)16-6-4-13(5-7-16)17(22)20-18-14(11-19)8-10-26-18/h4-7,15H,2-3,8-10,12H2,1H3,(H,20,22)/t15-/m1/s1. The number of sulfonamides is 1. The Morgan fingerprint density at radius 2 is 2.07 bits per heavy atom. The highest BCUT2D eigenvalue weighted by molar-refractivity contribution is 7.89. The summed E-state index contributed by atoms with van der Waals surface area (Å²) in [6.07, 6.45) is 2.17. The van der Waals surface area contributed by atoms with Crippen molar-refractivity contribution in [3.05, 3.63) is 41.3 Å². The second-order valence-electron chi connectivity index (χ2n) is 6.42. The van der Waals surface area contributed by atoms with Crippen LogP contribution in [0.4, 0.5) is 0 Å². The van der Waals surface area contributed by atoms with Gasteiger partial charge in [0.15, 0.2) is 0 Å². The van der Waals surface area contributed by atoms with Gasteiger partial charge < -0.3 is 9.47 Å². The van der Waals surface area contributed by atoms with Crippen LogP contribution in [0.15, 0.2) is 40.6 Å². The first kappa shape index (κ1) is 19.4. The Kier molecular flexibility index (Phi) is 5.79. The van der Waals surface area contributed by atoms with Gasteiger partial charge in [-0.3, -0.25) is 10.1 Å². The van der Waals surface area contributed by atoms with E-state index in [1.165, 1.54) is 35.6 Å². The molecule has 2 aliphatic rings. The van der Waals surface area contributed by atoms with Crippen LogP contribution < -0.4 is 5.32 Å². The van der Waals surface area contributed by atoms with E-state index in [4.69, 9.17) is 14.7 Å². The molecule has 0 aliphatic carbocycles. The molecule has 1 fully saturated rings. The van der Waals surface area contributed by atoms with Crippen molar-refractivity contribution >= 4 is 15.9 Å². The van der Waals surface area contributed by atoms with E-state index in [-0.39, 0.29) is 22.4 Å². The minimum atomic E-state index is -3.66. The summed E-state index contributed by atoms with van der Waals surface area (Å²) in [6, 6.07) is 7.64. The van der Waals surface area contributed by atoms with Gasteiger partial charge in [0.1, 0.15) is 6.07 Å². The van der Waals surface area contributed by atoms with Crippen molar-refractivity contribution in [3.8, 4) is 6.07 Å². The fourth-order valence-corrected chi connectivity index (χ4v) is 4.18. The van der Waals surface area contributed by atoms with Crippen LogP contribution in [-0.2, 0) is 19.5 Å². The van der Waals surface area contributed by atoms with Gasteiger partial charge in [-0.1, -0.05) is 0 Å². The normalized spacial score (nSPS) is 19.8. The molecule has 2 aliphatic heterocycles. The van der Waals surface area contributed by atoms with Crippen molar-refractivity contribution in [2.45, 2.75) is 30.3 Å². The van der Waals surface area contributed by atoms with E-state index >= 15 is 0 Å². The molecule has 1 atom stereocenters. The van der Waals surface area contributed by atoms with Crippen molar-refractivity contribution in [2.75, 3.05) is 26.8 Å². The number of ether oxygens (including phenoxy) is 2. The lowest BCUT2D eigenvalue weighted by Crippen LogP contribution is -2.34. The van der Waals surface area contributed by atoms with Gasteiger partial charge in [0.05, 0.1) is 23.2 Å². The van der Waals surface area contributed by atoms with Gasteiger partial charge in [0, 0.05) is 32.2 Å². The van der Waals surface area contributed by atoms with Crippen LogP contribution in [0.5, 0.6) is 0 Å². The molecular weight excluding hydrogens is 370 g/mol. The summed E-state index contributed by atoms with van der Waals surface area (Å²) in [5.41, 5.74) is 0.661. The lowest BCUT2D eigenvalue weighted by atomic mass is 10.2. The molecule has 0 unspecified atom stereocenters. The summed E-state index contributed by atoms with van der Waals surface area (Å²) in [6.45, 7) is 1.32. The Bertz CT molecular complexity index is 881. The molecular formula is C18H21N3O5S. The zero-order valence-corrected chi connectivity index (χ0v) is 15.8. The van der Waals surface area contributed by atoms with Gasteiger partial charge in [-0.05, 0) is 37.1 Å². The maximum absolute atomic E-state index is 12.7. The van der Waals surface area contributed by atoms with Crippen LogP contribution in [0.3, 0.4) is 0 Å². The van der Waals surface area contributed by atoms with Crippen LogP contribution in [0.25, 0.3) is 0 Å². The third-order valence-corrected chi connectivity index (χ3v) is 6.38. The first-order chi connectivity index (χ1) is 12.9.